The molecule has 0 amide bonds. The molecule has 0 aliphatic carbocycles. The zero-order valence-electron chi connectivity index (χ0n) is 10.2. The fourth-order valence-electron chi connectivity index (χ4n) is 1.56. The molecule has 0 fully saturated rings. The molecule has 1 heterocycles. The van der Waals surface area contributed by atoms with E-state index in [1.54, 1.807) is 6.07 Å². The largest absolute Gasteiger partial charge is 0.487 e. The van der Waals surface area contributed by atoms with E-state index in [0.29, 0.717) is 11.6 Å². The van der Waals surface area contributed by atoms with E-state index in [9.17, 15) is 0 Å². The van der Waals surface area contributed by atoms with Crippen molar-refractivity contribution in [3.05, 3.63) is 58.9 Å². The van der Waals surface area contributed by atoms with Crippen molar-refractivity contribution in [2.75, 3.05) is 7.05 Å². The Morgan fingerprint density at radius 2 is 2.17 bits per heavy atom. The SMILES string of the molecule is CNCc1ccc(COc2cccc(Cl)c2)nc1. The van der Waals surface area contributed by atoms with Gasteiger partial charge >= 0.3 is 0 Å². The molecule has 4 heteroatoms. The second kappa shape index (κ2) is 6.38. The minimum atomic E-state index is 0.445. The smallest absolute Gasteiger partial charge is 0.130 e. The van der Waals surface area contributed by atoms with Gasteiger partial charge in [0.2, 0.25) is 0 Å². The van der Waals surface area contributed by atoms with Gasteiger partial charge in [0.05, 0.1) is 5.69 Å². The van der Waals surface area contributed by atoms with Gasteiger partial charge in [-0.05, 0) is 36.9 Å². The van der Waals surface area contributed by atoms with Crippen molar-refractivity contribution in [3.63, 3.8) is 0 Å². The summed E-state index contributed by atoms with van der Waals surface area (Å²) in [7, 11) is 1.91. The van der Waals surface area contributed by atoms with Gasteiger partial charge in [-0.2, -0.15) is 0 Å². The number of nitrogens with one attached hydrogen (secondary N) is 1. The maximum atomic E-state index is 5.88. The van der Waals surface area contributed by atoms with Gasteiger partial charge in [-0.15, -0.1) is 0 Å². The van der Waals surface area contributed by atoms with Crippen molar-refractivity contribution in [1.29, 1.82) is 0 Å². The van der Waals surface area contributed by atoms with Gasteiger partial charge in [0.1, 0.15) is 12.4 Å². The molecule has 0 unspecified atom stereocenters. The van der Waals surface area contributed by atoms with Gasteiger partial charge < -0.3 is 10.1 Å². The Balaban J connectivity index is 1.93. The Bertz CT molecular complexity index is 499. The van der Waals surface area contributed by atoms with Gasteiger partial charge in [0.15, 0.2) is 0 Å². The highest BCUT2D eigenvalue weighted by Gasteiger charge is 1.99. The van der Waals surface area contributed by atoms with Crippen molar-refractivity contribution in [1.82, 2.24) is 10.3 Å². The average Bonchev–Trinajstić information content (AvgIpc) is 2.38. The van der Waals surface area contributed by atoms with Crippen LogP contribution in [0.15, 0.2) is 42.6 Å². The predicted octanol–water partition coefficient (Wildman–Crippen LogP) is 3.03. The normalized spacial score (nSPS) is 10.3. The molecule has 18 heavy (non-hydrogen) atoms. The second-order valence-electron chi connectivity index (χ2n) is 3.93. The number of halogens is 1. The van der Waals surface area contributed by atoms with E-state index in [1.165, 1.54) is 0 Å². The lowest BCUT2D eigenvalue weighted by molar-refractivity contribution is 0.301. The topological polar surface area (TPSA) is 34.1 Å². The summed E-state index contributed by atoms with van der Waals surface area (Å²) in [5.74, 6) is 0.753. The zero-order chi connectivity index (χ0) is 12.8. The van der Waals surface area contributed by atoms with Crippen LogP contribution in [0.3, 0.4) is 0 Å². The molecule has 2 aromatic rings. The third kappa shape index (κ3) is 3.72. The summed E-state index contributed by atoms with van der Waals surface area (Å²) in [5, 5.41) is 3.75. The van der Waals surface area contributed by atoms with Crippen LogP contribution in [0.2, 0.25) is 5.02 Å². The molecule has 1 aromatic heterocycles. The summed E-state index contributed by atoms with van der Waals surface area (Å²) < 4.78 is 5.61. The van der Waals surface area contributed by atoms with Crippen molar-refractivity contribution < 1.29 is 4.74 Å². The summed E-state index contributed by atoms with van der Waals surface area (Å²) in [6, 6.07) is 11.4. The lowest BCUT2D eigenvalue weighted by Gasteiger charge is -2.06. The molecular weight excluding hydrogens is 248 g/mol. The Hall–Kier alpha value is -1.58. The third-order valence-electron chi connectivity index (χ3n) is 2.45. The Kier molecular flexibility index (Phi) is 4.56. The molecule has 0 saturated heterocycles. The quantitative estimate of drug-likeness (QED) is 0.899. The summed E-state index contributed by atoms with van der Waals surface area (Å²) in [4.78, 5) is 4.34. The predicted molar refractivity (Wildman–Crippen MR) is 72.8 cm³/mol. The monoisotopic (exact) mass is 262 g/mol. The number of ether oxygens (including phenoxy) is 1. The summed E-state index contributed by atoms with van der Waals surface area (Å²) in [5.41, 5.74) is 2.05. The minimum Gasteiger partial charge on any atom is -0.487 e. The highest BCUT2D eigenvalue weighted by Crippen LogP contribution is 2.18. The van der Waals surface area contributed by atoms with Crippen LogP contribution in [0.4, 0.5) is 0 Å². The number of nitrogens with zero attached hydrogens (tertiary/aromatic N) is 1. The lowest BCUT2D eigenvalue weighted by atomic mass is 10.2. The van der Waals surface area contributed by atoms with Gasteiger partial charge in [0.25, 0.3) is 0 Å². The molecule has 0 aliphatic rings. The van der Waals surface area contributed by atoms with E-state index in [1.807, 2.05) is 43.6 Å². The van der Waals surface area contributed by atoms with Crippen LogP contribution in [0.1, 0.15) is 11.3 Å². The highest BCUT2D eigenvalue weighted by molar-refractivity contribution is 6.30. The molecule has 0 radical (unpaired) electrons. The molecule has 1 aromatic carbocycles. The number of hydrogen-bond acceptors (Lipinski definition) is 3. The average molecular weight is 263 g/mol. The standard InChI is InChI=1S/C14H15ClN2O/c1-16-8-11-5-6-13(17-9-11)10-18-14-4-2-3-12(15)7-14/h2-7,9,16H,8,10H2,1H3. The van der Waals surface area contributed by atoms with Crippen LogP contribution >= 0.6 is 11.6 Å². The number of hydrogen-bond donors (Lipinski definition) is 1. The molecule has 0 atom stereocenters. The molecule has 0 aliphatic heterocycles. The first kappa shape index (κ1) is 12.9. The van der Waals surface area contributed by atoms with Gasteiger partial charge in [-0.3, -0.25) is 4.98 Å². The molecule has 0 bridgehead atoms. The van der Waals surface area contributed by atoms with E-state index in [4.69, 9.17) is 16.3 Å². The number of rotatable bonds is 5. The van der Waals surface area contributed by atoms with Crippen molar-refractivity contribution >= 4 is 11.6 Å². The maximum absolute atomic E-state index is 5.88. The molecule has 94 valence electrons. The Labute approximate surface area is 112 Å². The van der Waals surface area contributed by atoms with E-state index >= 15 is 0 Å². The van der Waals surface area contributed by atoms with Gasteiger partial charge in [-0.1, -0.05) is 23.7 Å². The fraction of sp³-hybridized carbons (Fsp3) is 0.214. The Morgan fingerprint density at radius 1 is 1.28 bits per heavy atom. The fourth-order valence-corrected chi connectivity index (χ4v) is 1.74. The van der Waals surface area contributed by atoms with Crippen LogP contribution in [0.5, 0.6) is 5.75 Å². The summed E-state index contributed by atoms with van der Waals surface area (Å²) >= 11 is 5.88. The van der Waals surface area contributed by atoms with Crippen molar-refractivity contribution in [2.24, 2.45) is 0 Å². The molecule has 1 N–H and O–H groups in total. The van der Waals surface area contributed by atoms with Crippen molar-refractivity contribution in [2.45, 2.75) is 13.2 Å². The van der Waals surface area contributed by atoms with E-state index < -0.39 is 0 Å². The molecular formula is C14H15ClN2O. The van der Waals surface area contributed by atoms with Crippen LogP contribution < -0.4 is 10.1 Å². The van der Waals surface area contributed by atoms with E-state index in [-0.39, 0.29) is 0 Å². The highest BCUT2D eigenvalue weighted by atomic mass is 35.5. The molecule has 0 saturated carbocycles. The first-order chi connectivity index (χ1) is 8.78. The lowest BCUT2D eigenvalue weighted by Crippen LogP contribution is -2.06. The first-order valence-electron chi connectivity index (χ1n) is 5.74. The van der Waals surface area contributed by atoms with Crippen molar-refractivity contribution in [3.8, 4) is 5.75 Å². The molecule has 3 nitrogen and oxygen atoms in total. The molecule has 0 spiro atoms. The number of benzene rings is 1. The first-order valence-corrected chi connectivity index (χ1v) is 6.12. The van der Waals surface area contributed by atoms with Crippen LogP contribution in [0.25, 0.3) is 0 Å². The maximum Gasteiger partial charge on any atom is 0.130 e. The van der Waals surface area contributed by atoms with Crippen LogP contribution in [-0.4, -0.2) is 12.0 Å². The second-order valence-corrected chi connectivity index (χ2v) is 4.37. The van der Waals surface area contributed by atoms with E-state index in [2.05, 4.69) is 10.3 Å². The van der Waals surface area contributed by atoms with Crippen LogP contribution in [0, 0.1) is 0 Å². The third-order valence-corrected chi connectivity index (χ3v) is 2.68. The van der Waals surface area contributed by atoms with Gasteiger partial charge in [-0.25, -0.2) is 0 Å². The summed E-state index contributed by atoms with van der Waals surface area (Å²) in [6.45, 7) is 1.27. The number of pyridine rings is 1. The number of aromatic nitrogens is 1. The van der Waals surface area contributed by atoms with E-state index in [0.717, 1.165) is 23.6 Å². The molecule has 2 rings (SSSR count). The Morgan fingerprint density at radius 3 is 2.83 bits per heavy atom. The summed E-state index contributed by atoms with van der Waals surface area (Å²) in [6.07, 6.45) is 1.85. The van der Waals surface area contributed by atoms with Crippen LogP contribution in [-0.2, 0) is 13.2 Å². The zero-order valence-corrected chi connectivity index (χ0v) is 10.9. The van der Waals surface area contributed by atoms with Gasteiger partial charge in [0, 0.05) is 17.8 Å². The minimum absolute atomic E-state index is 0.445.